The SMILES string of the molecule is O=C(NNC(=O)C(Cc1ccccc1)NC(=O)c1ccc2ccccc2c1)c1cccnc1. The number of pyridine rings is 1. The van der Waals surface area contributed by atoms with Crippen molar-refractivity contribution in [3.8, 4) is 0 Å². The average Bonchev–Trinajstić information content (AvgIpc) is 2.87. The van der Waals surface area contributed by atoms with Crippen LogP contribution >= 0.6 is 0 Å². The summed E-state index contributed by atoms with van der Waals surface area (Å²) in [5.41, 5.74) is 6.40. The van der Waals surface area contributed by atoms with Crippen LogP contribution < -0.4 is 16.2 Å². The monoisotopic (exact) mass is 438 g/mol. The second-order valence-electron chi connectivity index (χ2n) is 7.46. The first-order valence-corrected chi connectivity index (χ1v) is 10.4. The van der Waals surface area contributed by atoms with E-state index in [1.165, 1.54) is 6.20 Å². The van der Waals surface area contributed by atoms with Gasteiger partial charge in [0.25, 0.3) is 17.7 Å². The summed E-state index contributed by atoms with van der Waals surface area (Å²) in [6, 6.07) is 24.7. The third kappa shape index (κ3) is 5.59. The zero-order valence-electron chi connectivity index (χ0n) is 17.7. The molecule has 0 spiro atoms. The van der Waals surface area contributed by atoms with Gasteiger partial charge in [-0.3, -0.25) is 30.2 Å². The fraction of sp³-hybridized carbons (Fsp3) is 0.0769. The Morgan fingerprint density at radius 3 is 2.24 bits per heavy atom. The van der Waals surface area contributed by atoms with Crippen LogP contribution in [0.15, 0.2) is 97.3 Å². The molecule has 0 saturated carbocycles. The Labute approximate surface area is 190 Å². The van der Waals surface area contributed by atoms with Gasteiger partial charge in [-0.2, -0.15) is 0 Å². The number of benzene rings is 3. The van der Waals surface area contributed by atoms with E-state index in [1.54, 1.807) is 30.5 Å². The molecule has 3 amide bonds. The summed E-state index contributed by atoms with van der Waals surface area (Å²) in [5.74, 6) is -1.42. The molecule has 0 saturated heterocycles. The van der Waals surface area contributed by atoms with Gasteiger partial charge in [0.05, 0.1) is 5.56 Å². The van der Waals surface area contributed by atoms with E-state index in [0.29, 0.717) is 11.1 Å². The molecule has 3 aromatic carbocycles. The summed E-state index contributed by atoms with van der Waals surface area (Å²) in [6.07, 6.45) is 3.20. The molecule has 4 aromatic rings. The standard InChI is InChI=1S/C26H22N4O3/c31-24(21-13-12-19-9-4-5-10-20(19)16-21)28-23(15-18-7-2-1-3-8-18)26(33)30-29-25(32)22-11-6-14-27-17-22/h1-14,16-17,23H,15H2,(H,28,31)(H,29,32)(H,30,33). The molecule has 0 radical (unpaired) electrons. The van der Waals surface area contributed by atoms with Crippen molar-refractivity contribution in [1.29, 1.82) is 0 Å². The van der Waals surface area contributed by atoms with Crippen LogP contribution in [0.2, 0.25) is 0 Å². The number of carbonyl (C=O) groups excluding carboxylic acids is 3. The number of hydrazine groups is 1. The van der Waals surface area contributed by atoms with E-state index in [1.807, 2.05) is 60.7 Å². The minimum absolute atomic E-state index is 0.259. The molecule has 1 aromatic heterocycles. The molecule has 0 aliphatic carbocycles. The molecule has 3 N–H and O–H groups in total. The number of rotatable bonds is 6. The van der Waals surface area contributed by atoms with E-state index in [0.717, 1.165) is 16.3 Å². The van der Waals surface area contributed by atoms with Crippen molar-refractivity contribution in [3.05, 3.63) is 114 Å². The third-order valence-electron chi connectivity index (χ3n) is 5.14. The normalized spacial score (nSPS) is 11.4. The van der Waals surface area contributed by atoms with E-state index in [4.69, 9.17) is 0 Å². The number of hydrogen-bond acceptors (Lipinski definition) is 4. The van der Waals surface area contributed by atoms with Crippen molar-refractivity contribution >= 4 is 28.5 Å². The van der Waals surface area contributed by atoms with Crippen molar-refractivity contribution in [2.45, 2.75) is 12.5 Å². The number of amides is 3. The minimum atomic E-state index is -0.902. The summed E-state index contributed by atoms with van der Waals surface area (Å²) in [7, 11) is 0. The predicted molar refractivity (Wildman–Crippen MR) is 125 cm³/mol. The Kier molecular flexibility index (Phi) is 6.70. The Morgan fingerprint density at radius 2 is 1.48 bits per heavy atom. The van der Waals surface area contributed by atoms with Crippen molar-refractivity contribution in [3.63, 3.8) is 0 Å². The number of aromatic nitrogens is 1. The topological polar surface area (TPSA) is 100 Å². The molecule has 1 unspecified atom stereocenters. The van der Waals surface area contributed by atoms with Gasteiger partial charge in [0.2, 0.25) is 0 Å². The molecule has 4 rings (SSSR count). The smallest absolute Gasteiger partial charge is 0.271 e. The summed E-state index contributed by atoms with van der Waals surface area (Å²) in [5, 5.41) is 4.74. The van der Waals surface area contributed by atoms with Crippen LogP contribution in [0.25, 0.3) is 10.8 Å². The van der Waals surface area contributed by atoms with Gasteiger partial charge in [0.15, 0.2) is 0 Å². The van der Waals surface area contributed by atoms with Crippen LogP contribution in [0.1, 0.15) is 26.3 Å². The van der Waals surface area contributed by atoms with Crippen LogP contribution in [0.3, 0.4) is 0 Å². The second kappa shape index (κ2) is 10.2. The summed E-state index contributed by atoms with van der Waals surface area (Å²) in [4.78, 5) is 42.0. The average molecular weight is 438 g/mol. The highest BCUT2D eigenvalue weighted by Crippen LogP contribution is 2.16. The number of hydrogen-bond donors (Lipinski definition) is 3. The van der Waals surface area contributed by atoms with Gasteiger partial charge in [0, 0.05) is 24.4 Å². The molecular formula is C26H22N4O3. The number of nitrogens with one attached hydrogen (secondary N) is 3. The van der Waals surface area contributed by atoms with Gasteiger partial charge in [-0.05, 0) is 40.6 Å². The van der Waals surface area contributed by atoms with E-state index < -0.39 is 17.9 Å². The predicted octanol–water partition coefficient (Wildman–Crippen LogP) is 3.04. The molecule has 7 heteroatoms. The molecule has 1 heterocycles. The molecule has 0 bridgehead atoms. The maximum Gasteiger partial charge on any atom is 0.271 e. The molecule has 164 valence electrons. The van der Waals surface area contributed by atoms with Gasteiger partial charge in [-0.25, -0.2) is 0 Å². The molecule has 1 atom stereocenters. The fourth-order valence-electron chi connectivity index (χ4n) is 3.41. The van der Waals surface area contributed by atoms with Crippen molar-refractivity contribution in [2.75, 3.05) is 0 Å². The first-order chi connectivity index (χ1) is 16.1. The van der Waals surface area contributed by atoms with E-state index in [-0.39, 0.29) is 12.3 Å². The maximum absolute atomic E-state index is 13.0. The second-order valence-corrected chi connectivity index (χ2v) is 7.46. The zero-order valence-corrected chi connectivity index (χ0v) is 17.7. The third-order valence-corrected chi connectivity index (χ3v) is 5.14. The lowest BCUT2D eigenvalue weighted by atomic mass is 10.0. The lowest BCUT2D eigenvalue weighted by Crippen LogP contribution is -2.53. The molecule has 0 aliphatic heterocycles. The molecule has 0 fully saturated rings. The highest BCUT2D eigenvalue weighted by molar-refractivity contribution is 6.01. The van der Waals surface area contributed by atoms with E-state index in [2.05, 4.69) is 21.2 Å². The highest BCUT2D eigenvalue weighted by atomic mass is 16.2. The summed E-state index contributed by atoms with van der Waals surface area (Å²) >= 11 is 0. The molecular weight excluding hydrogens is 416 g/mol. The maximum atomic E-state index is 13.0. The summed E-state index contributed by atoms with van der Waals surface area (Å²) in [6.45, 7) is 0. The number of fused-ring (bicyclic) bond motifs is 1. The van der Waals surface area contributed by atoms with Crippen molar-refractivity contribution in [1.82, 2.24) is 21.2 Å². The van der Waals surface area contributed by atoms with Gasteiger partial charge in [-0.1, -0.05) is 60.7 Å². The first-order valence-electron chi connectivity index (χ1n) is 10.4. The zero-order chi connectivity index (χ0) is 23.0. The Bertz CT molecular complexity index is 1280. The molecule has 7 nitrogen and oxygen atoms in total. The van der Waals surface area contributed by atoms with Crippen LogP contribution in [0.5, 0.6) is 0 Å². The lowest BCUT2D eigenvalue weighted by molar-refractivity contribution is -0.123. The van der Waals surface area contributed by atoms with Gasteiger partial charge >= 0.3 is 0 Å². The summed E-state index contributed by atoms with van der Waals surface area (Å²) < 4.78 is 0. The van der Waals surface area contributed by atoms with Crippen molar-refractivity contribution in [2.24, 2.45) is 0 Å². The van der Waals surface area contributed by atoms with Gasteiger partial charge in [-0.15, -0.1) is 0 Å². The van der Waals surface area contributed by atoms with E-state index in [9.17, 15) is 14.4 Å². The minimum Gasteiger partial charge on any atom is -0.340 e. The number of nitrogens with zero attached hydrogens (tertiary/aromatic N) is 1. The van der Waals surface area contributed by atoms with E-state index >= 15 is 0 Å². The largest absolute Gasteiger partial charge is 0.340 e. The van der Waals surface area contributed by atoms with Gasteiger partial charge in [0.1, 0.15) is 6.04 Å². The van der Waals surface area contributed by atoms with Crippen molar-refractivity contribution < 1.29 is 14.4 Å². The van der Waals surface area contributed by atoms with Crippen LogP contribution in [-0.2, 0) is 11.2 Å². The first kappa shape index (κ1) is 21.7. The Balaban J connectivity index is 1.49. The van der Waals surface area contributed by atoms with Crippen LogP contribution in [0, 0.1) is 0 Å². The Hall–Kier alpha value is -4.52. The fourth-order valence-corrected chi connectivity index (χ4v) is 3.41. The lowest BCUT2D eigenvalue weighted by Gasteiger charge is -2.19. The number of carbonyl (C=O) groups is 3. The Morgan fingerprint density at radius 1 is 0.727 bits per heavy atom. The van der Waals surface area contributed by atoms with Crippen LogP contribution in [0.4, 0.5) is 0 Å². The highest BCUT2D eigenvalue weighted by Gasteiger charge is 2.23. The quantitative estimate of drug-likeness (QED) is 0.403. The molecule has 0 aliphatic rings. The molecule has 33 heavy (non-hydrogen) atoms. The van der Waals surface area contributed by atoms with Crippen LogP contribution in [-0.4, -0.2) is 28.7 Å². The van der Waals surface area contributed by atoms with Gasteiger partial charge < -0.3 is 5.32 Å².